The van der Waals surface area contributed by atoms with E-state index in [9.17, 15) is 14.4 Å². The zero-order valence-electron chi connectivity index (χ0n) is 15.2. The summed E-state index contributed by atoms with van der Waals surface area (Å²) < 4.78 is 0.858. The molecule has 1 unspecified atom stereocenters. The lowest BCUT2D eigenvalue weighted by molar-refractivity contribution is -0.134. The molecule has 1 aliphatic heterocycles. The van der Waals surface area contributed by atoms with E-state index in [0.717, 1.165) is 3.79 Å². The summed E-state index contributed by atoms with van der Waals surface area (Å²) >= 11 is 10.6. The lowest BCUT2D eigenvalue weighted by atomic mass is 10.1. The third-order valence-corrected chi connectivity index (χ3v) is 6.32. The molecule has 0 bridgehead atoms. The van der Waals surface area contributed by atoms with Crippen LogP contribution in [0.1, 0.15) is 27.0 Å². The number of nitrogens with zero attached hydrogens (tertiary/aromatic N) is 2. The van der Waals surface area contributed by atoms with Crippen LogP contribution in [-0.4, -0.2) is 59.7 Å². The van der Waals surface area contributed by atoms with Gasteiger partial charge in [0.2, 0.25) is 5.91 Å². The summed E-state index contributed by atoms with van der Waals surface area (Å²) in [5, 5.41) is 3.25. The monoisotopic (exact) mass is 483 g/mol. The molecule has 0 radical (unpaired) electrons. The molecule has 1 atom stereocenters. The molecular weight excluding hydrogens is 466 g/mol. The lowest BCUT2D eigenvalue weighted by Crippen LogP contribution is -2.55. The fourth-order valence-electron chi connectivity index (χ4n) is 2.97. The van der Waals surface area contributed by atoms with E-state index in [2.05, 4.69) is 21.2 Å². The third kappa shape index (κ3) is 4.92. The van der Waals surface area contributed by atoms with Crippen molar-refractivity contribution in [2.24, 2.45) is 0 Å². The summed E-state index contributed by atoms with van der Waals surface area (Å²) in [4.78, 5) is 41.4. The number of hydrogen-bond donors (Lipinski definition) is 1. The first-order valence-electron chi connectivity index (χ1n) is 8.75. The van der Waals surface area contributed by atoms with Crippen LogP contribution in [-0.2, 0) is 4.79 Å². The molecule has 1 saturated heterocycles. The van der Waals surface area contributed by atoms with Crippen molar-refractivity contribution in [3.05, 3.63) is 55.6 Å². The van der Waals surface area contributed by atoms with Crippen LogP contribution in [0.15, 0.2) is 40.2 Å². The van der Waals surface area contributed by atoms with Crippen molar-refractivity contribution in [3.8, 4) is 0 Å². The van der Waals surface area contributed by atoms with Gasteiger partial charge in [-0.15, -0.1) is 11.3 Å². The van der Waals surface area contributed by atoms with Crippen molar-refractivity contribution in [1.29, 1.82) is 0 Å². The number of rotatable bonds is 4. The highest BCUT2D eigenvalue weighted by Crippen LogP contribution is 2.22. The predicted octanol–water partition coefficient (Wildman–Crippen LogP) is 3.27. The van der Waals surface area contributed by atoms with E-state index < -0.39 is 6.04 Å². The molecule has 28 heavy (non-hydrogen) atoms. The van der Waals surface area contributed by atoms with Crippen molar-refractivity contribution in [2.45, 2.75) is 13.0 Å². The van der Waals surface area contributed by atoms with Crippen molar-refractivity contribution in [1.82, 2.24) is 15.1 Å². The molecular formula is C19H19BrClN3O3S. The van der Waals surface area contributed by atoms with Gasteiger partial charge < -0.3 is 15.1 Å². The highest BCUT2D eigenvalue weighted by Gasteiger charge is 2.28. The van der Waals surface area contributed by atoms with Gasteiger partial charge in [-0.1, -0.05) is 17.7 Å². The van der Waals surface area contributed by atoms with Crippen LogP contribution >= 0.6 is 38.9 Å². The molecule has 1 N–H and O–H groups in total. The van der Waals surface area contributed by atoms with Gasteiger partial charge in [-0.05, 0) is 53.2 Å². The van der Waals surface area contributed by atoms with Gasteiger partial charge in [-0.2, -0.15) is 0 Å². The van der Waals surface area contributed by atoms with Crippen molar-refractivity contribution < 1.29 is 14.4 Å². The van der Waals surface area contributed by atoms with Crippen LogP contribution in [0, 0.1) is 0 Å². The van der Waals surface area contributed by atoms with Crippen LogP contribution in [0.5, 0.6) is 0 Å². The number of carbonyl (C=O) groups excluding carboxylic acids is 3. The molecule has 1 aromatic carbocycles. The Morgan fingerprint density at radius 2 is 1.79 bits per heavy atom. The van der Waals surface area contributed by atoms with Gasteiger partial charge in [0.05, 0.1) is 8.66 Å². The van der Waals surface area contributed by atoms with E-state index in [4.69, 9.17) is 11.6 Å². The van der Waals surface area contributed by atoms with Gasteiger partial charge in [0.25, 0.3) is 11.8 Å². The highest BCUT2D eigenvalue weighted by atomic mass is 79.9. The van der Waals surface area contributed by atoms with E-state index >= 15 is 0 Å². The topological polar surface area (TPSA) is 69.7 Å². The fourth-order valence-corrected chi connectivity index (χ4v) is 4.45. The minimum atomic E-state index is -0.636. The van der Waals surface area contributed by atoms with E-state index in [-0.39, 0.29) is 17.7 Å². The van der Waals surface area contributed by atoms with Crippen LogP contribution < -0.4 is 5.32 Å². The van der Waals surface area contributed by atoms with Crippen molar-refractivity contribution in [3.63, 3.8) is 0 Å². The van der Waals surface area contributed by atoms with E-state index in [1.54, 1.807) is 53.1 Å². The number of halogens is 2. The second-order valence-corrected chi connectivity index (χ2v) is 9.33. The standard InChI is InChI=1S/C19H19BrClN3O3S/c1-12(22-17(25)15-5-6-16(20)28-15)18(26)23-7-9-24(10-8-23)19(27)13-3-2-4-14(21)11-13/h2-6,11-12H,7-10H2,1H3,(H,22,25). The van der Waals surface area contributed by atoms with Crippen LogP contribution in [0.4, 0.5) is 0 Å². The summed E-state index contributed by atoms with van der Waals surface area (Å²) in [6.07, 6.45) is 0. The minimum Gasteiger partial charge on any atom is -0.340 e. The molecule has 2 aromatic rings. The Labute approximate surface area is 180 Å². The third-order valence-electron chi connectivity index (χ3n) is 4.47. The first kappa shape index (κ1) is 20.8. The molecule has 148 valence electrons. The van der Waals surface area contributed by atoms with Gasteiger partial charge >= 0.3 is 0 Å². The zero-order chi connectivity index (χ0) is 20.3. The molecule has 2 heterocycles. The normalized spacial score (nSPS) is 15.2. The number of piperazine rings is 1. The van der Waals surface area contributed by atoms with E-state index in [0.29, 0.717) is 41.6 Å². The largest absolute Gasteiger partial charge is 0.340 e. The molecule has 1 aromatic heterocycles. The maximum Gasteiger partial charge on any atom is 0.262 e. The number of benzene rings is 1. The number of amides is 3. The quantitative estimate of drug-likeness (QED) is 0.724. The predicted molar refractivity (Wildman–Crippen MR) is 113 cm³/mol. The molecule has 3 rings (SSSR count). The van der Waals surface area contributed by atoms with Gasteiger partial charge in [0.15, 0.2) is 0 Å². The second kappa shape index (κ2) is 9.07. The average molecular weight is 485 g/mol. The molecule has 0 saturated carbocycles. The Bertz CT molecular complexity index is 896. The van der Waals surface area contributed by atoms with Gasteiger partial charge in [0, 0.05) is 36.8 Å². The molecule has 9 heteroatoms. The highest BCUT2D eigenvalue weighted by molar-refractivity contribution is 9.11. The summed E-state index contributed by atoms with van der Waals surface area (Å²) in [5.41, 5.74) is 0.537. The van der Waals surface area contributed by atoms with E-state index in [1.165, 1.54) is 11.3 Å². The second-order valence-electron chi connectivity index (χ2n) is 6.43. The Balaban J connectivity index is 1.53. The Hall–Kier alpha value is -1.90. The molecule has 1 aliphatic rings. The maximum atomic E-state index is 12.6. The Kier molecular flexibility index (Phi) is 6.74. The van der Waals surface area contributed by atoms with Crippen LogP contribution in [0.2, 0.25) is 5.02 Å². The van der Waals surface area contributed by atoms with Gasteiger partial charge in [-0.25, -0.2) is 0 Å². The number of carbonyl (C=O) groups is 3. The Morgan fingerprint density at radius 1 is 1.11 bits per heavy atom. The average Bonchev–Trinajstić information content (AvgIpc) is 3.13. The maximum absolute atomic E-state index is 12.6. The fraction of sp³-hybridized carbons (Fsp3) is 0.316. The first-order valence-corrected chi connectivity index (χ1v) is 10.7. The lowest BCUT2D eigenvalue weighted by Gasteiger charge is -2.36. The molecule has 3 amide bonds. The summed E-state index contributed by atoms with van der Waals surface area (Å²) in [5.74, 6) is -0.524. The van der Waals surface area contributed by atoms with E-state index in [1.807, 2.05) is 0 Å². The smallest absolute Gasteiger partial charge is 0.262 e. The molecule has 0 aliphatic carbocycles. The summed E-state index contributed by atoms with van der Waals surface area (Å²) in [7, 11) is 0. The number of thiophene rings is 1. The molecule has 0 spiro atoms. The van der Waals surface area contributed by atoms with Crippen LogP contribution in [0.3, 0.4) is 0 Å². The number of hydrogen-bond acceptors (Lipinski definition) is 4. The van der Waals surface area contributed by atoms with Crippen molar-refractivity contribution in [2.75, 3.05) is 26.2 Å². The van der Waals surface area contributed by atoms with Crippen LogP contribution in [0.25, 0.3) is 0 Å². The summed E-state index contributed by atoms with van der Waals surface area (Å²) in [6.45, 7) is 3.41. The Morgan fingerprint density at radius 3 is 2.39 bits per heavy atom. The SMILES string of the molecule is CC(NC(=O)c1ccc(Br)s1)C(=O)N1CCN(C(=O)c2cccc(Cl)c2)CC1. The zero-order valence-corrected chi connectivity index (χ0v) is 18.3. The number of nitrogens with one attached hydrogen (secondary N) is 1. The molecule has 1 fully saturated rings. The van der Waals surface area contributed by atoms with Crippen molar-refractivity contribution >= 4 is 56.6 Å². The minimum absolute atomic E-state index is 0.0979. The first-order chi connectivity index (χ1) is 13.3. The molecule has 6 nitrogen and oxygen atoms in total. The summed E-state index contributed by atoms with van der Waals surface area (Å²) in [6, 6.07) is 9.70. The van der Waals surface area contributed by atoms with Gasteiger partial charge in [-0.3, -0.25) is 14.4 Å². The van der Waals surface area contributed by atoms with Gasteiger partial charge in [0.1, 0.15) is 6.04 Å².